The van der Waals surface area contributed by atoms with Gasteiger partial charge in [0.25, 0.3) is 0 Å². The first-order valence-electron chi connectivity index (χ1n) is 22.7. The van der Waals surface area contributed by atoms with Crippen molar-refractivity contribution < 1.29 is 4.57 Å². The van der Waals surface area contributed by atoms with Crippen molar-refractivity contribution in [3.63, 3.8) is 0 Å². The quantitative estimate of drug-likeness (QED) is 0.121. The summed E-state index contributed by atoms with van der Waals surface area (Å²) in [7, 11) is 2.01. The third kappa shape index (κ3) is 5.14. The van der Waals surface area contributed by atoms with Crippen LogP contribution < -0.4 is 4.57 Å². The highest BCUT2D eigenvalue weighted by atomic mass is 15.2. The highest BCUT2D eigenvalue weighted by molar-refractivity contribution is 5.85. The van der Waals surface area contributed by atoms with Crippen LogP contribution in [0.4, 0.5) is 0 Å². The summed E-state index contributed by atoms with van der Waals surface area (Å²) in [6.07, 6.45) is 20.9. The van der Waals surface area contributed by atoms with Crippen molar-refractivity contribution in [3.8, 4) is 34.2 Å². The summed E-state index contributed by atoms with van der Waals surface area (Å²) in [5.41, 5.74) is 15.1. The minimum Gasteiger partial charge on any atom is -0.354 e. The van der Waals surface area contributed by atoms with Crippen LogP contribution in [-0.4, -0.2) is 39.5 Å². The maximum Gasteiger partial charge on any atom is 0.204 e. The molecular weight excluding hydrogens is 823 g/mol. The van der Waals surface area contributed by atoms with Crippen molar-refractivity contribution in [3.05, 3.63) is 262 Å². The zero-order valence-corrected chi connectivity index (χ0v) is 37.4. The molecule has 0 fully saturated rings. The molecule has 0 spiro atoms. The first kappa shape index (κ1) is 39.1. The normalized spacial score (nSPS) is 15.2. The Kier molecular flexibility index (Phi) is 8.23. The maximum atomic E-state index is 5.29. The molecule has 8 heterocycles. The van der Waals surface area contributed by atoms with Gasteiger partial charge in [-0.05, 0) is 106 Å². The van der Waals surface area contributed by atoms with Gasteiger partial charge < -0.3 is 9.13 Å². The largest absolute Gasteiger partial charge is 0.354 e. The number of benzene rings is 2. The van der Waals surface area contributed by atoms with Crippen LogP contribution in [0.5, 0.6) is 0 Å². The number of rotatable bonds is 6. The Morgan fingerprint density at radius 2 is 0.836 bits per heavy atom. The van der Waals surface area contributed by atoms with Gasteiger partial charge in [-0.1, -0.05) is 99.6 Å². The summed E-state index contributed by atoms with van der Waals surface area (Å²) >= 11 is 0. The predicted octanol–water partition coefficient (Wildman–Crippen LogP) is 9.72. The summed E-state index contributed by atoms with van der Waals surface area (Å²) in [6, 6.07) is 48.1. The Labute approximate surface area is 388 Å². The smallest absolute Gasteiger partial charge is 0.204 e. The molecule has 0 atom stereocenters. The van der Waals surface area contributed by atoms with Crippen LogP contribution in [0.15, 0.2) is 189 Å². The second-order valence-corrected chi connectivity index (χ2v) is 18.8. The van der Waals surface area contributed by atoms with E-state index in [0.29, 0.717) is 0 Å². The van der Waals surface area contributed by atoms with Crippen molar-refractivity contribution in [1.82, 2.24) is 39.5 Å². The Morgan fingerprint density at radius 3 is 1.28 bits per heavy atom. The summed E-state index contributed by atoms with van der Waals surface area (Å²) in [5, 5.41) is 0. The van der Waals surface area contributed by atoms with E-state index in [9.17, 15) is 0 Å². The lowest BCUT2D eigenvalue weighted by Gasteiger charge is -2.38. The molecule has 10 aromatic rings. The second-order valence-electron chi connectivity index (χ2n) is 18.8. The third-order valence-electron chi connectivity index (χ3n) is 14.4. The average molecular weight is 866 g/mol. The van der Waals surface area contributed by atoms with E-state index in [-0.39, 0.29) is 5.41 Å². The molecule has 67 heavy (non-hydrogen) atoms. The second kappa shape index (κ2) is 14.1. The van der Waals surface area contributed by atoms with Gasteiger partial charge in [0.2, 0.25) is 6.33 Å². The van der Waals surface area contributed by atoms with Gasteiger partial charge in [0.1, 0.15) is 0 Å². The van der Waals surface area contributed by atoms with Gasteiger partial charge in [0, 0.05) is 71.2 Å². The van der Waals surface area contributed by atoms with Crippen LogP contribution in [0, 0.1) is 6.33 Å². The molecule has 0 saturated heterocycles. The van der Waals surface area contributed by atoms with E-state index < -0.39 is 16.4 Å². The van der Waals surface area contributed by atoms with Crippen molar-refractivity contribution in [2.24, 2.45) is 7.05 Å². The van der Waals surface area contributed by atoms with Crippen LogP contribution in [-0.2, 0) is 28.8 Å². The first-order chi connectivity index (χ1) is 32.8. The lowest BCUT2D eigenvalue weighted by molar-refractivity contribution is -0.675. The summed E-state index contributed by atoms with van der Waals surface area (Å²) in [4.78, 5) is 35.5. The molecule has 9 heteroatoms. The van der Waals surface area contributed by atoms with Gasteiger partial charge in [-0.25, -0.2) is 0 Å². The molecular formula is C58H43N9. The number of pyridine rings is 7. The van der Waals surface area contributed by atoms with Crippen LogP contribution in [0.2, 0.25) is 0 Å². The molecule has 3 aliphatic rings. The van der Waals surface area contributed by atoms with Crippen LogP contribution >= 0.6 is 0 Å². The van der Waals surface area contributed by atoms with E-state index in [1.165, 1.54) is 5.56 Å². The molecule has 320 valence electrons. The lowest BCUT2D eigenvalue weighted by Crippen LogP contribution is -2.38. The molecule has 0 radical (unpaired) electrons. The van der Waals surface area contributed by atoms with E-state index in [1.54, 1.807) is 0 Å². The fraction of sp³-hybridized carbons (Fsp3) is 0.138. The van der Waals surface area contributed by atoms with E-state index in [2.05, 4.69) is 147 Å². The van der Waals surface area contributed by atoms with Gasteiger partial charge in [-0.3, -0.25) is 34.9 Å². The molecule has 0 N–H and O–H groups in total. The summed E-state index contributed by atoms with van der Waals surface area (Å²) in [6.45, 7) is 6.76. The zero-order valence-electron chi connectivity index (χ0n) is 37.4. The molecule has 13 rings (SSSR count). The Balaban J connectivity index is 1.13. The molecule has 8 aromatic heterocycles. The van der Waals surface area contributed by atoms with Crippen molar-refractivity contribution in [1.29, 1.82) is 0 Å². The average Bonchev–Trinajstić information content (AvgIpc) is 4.11. The first-order valence-corrected chi connectivity index (χ1v) is 22.7. The highest BCUT2D eigenvalue weighted by Crippen LogP contribution is 2.59. The van der Waals surface area contributed by atoms with Gasteiger partial charge >= 0.3 is 0 Å². The van der Waals surface area contributed by atoms with E-state index in [4.69, 9.17) is 34.9 Å². The van der Waals surface area contributed by atoms with Gasteiger partial charge in [0.15, 0.2) is 5.54 Å². The third-order valence-corrected chi connectivity index (χ3v) is 14.4. The predicted molar refractivity (Wildman–Crippen MR) is 256 cm³/mol. The number of imidazole rings is 1. The SMILES string of the molecule is C[n+]1[c-]n(C2(c3cccc(C4(c5cccc(C6(c7cc(C(C)(C)C)ccn7)c7cccnc7-c7ncccc76)c5)c5cccnc5-c5ncccc54)c3)c3cccnc3-c3ncccc32)cc1. The summed E-state index contributed by atoms with van der Waals surface area (Å²) < 4.78 is 4.16. The molecule has 0 aliphatic heterocycles. The molecule has 0 saturated carbocycles. The maximum absolute atomic E-state index is 5.29. The molecule has 0 amide bonds. The number of hydrogen-bond acceptors (Lipinski definition) is 7. The fourth-order valence-electron chi connectivity index (χ4n) is 11.7. The molecule has 9 nitrogen and oxygen atoms in total. The Morgan fingerprint density at radius 1 is 0.433 bits per heavy atom. The summed E-state index contributed by atoms with van der Waals surface area (Å²) in [5.74, 6) is 0. The van der Waals surface area contributed by atoms with Crippen LogP contribution in [0.25, 0.3) is 34.2 Å². The number of aromatic nitrogens is 9. The number of nitrogens with zero attached hydrogens (tertiary/aromatic N) is 9. The minimum atomic E-state index is -0.879. The van der Waals surface area contributed by atoms with Crippen molar-refractivity contribution in [2.75, 3.05) is 0 Å². The van der Waals surface area contributed by atoms with Crippen molar-refractivity contribution >= 4 is 0 Å². The van der Waals surface area contributed by atoms with E-state index >= 15 is 0 Å². The topological polar surface area (TPSA) is 99.0 Å². The minimum absolute atomic E-state index is 0.124. The van der Waals surface area contributed by atoms with Gasteiger partial charge in [-0.2, -0.15) is 0 Å². The standard InChI is InChI=1S/C58H43N9/c1-55(2,3)37-23-30-59-48(35-37)57(44-19-9-26-62-51(44)52-45(57)20-10-27-63-52)40-15-5-13-38(33-40)56(42-17-7-24-60-49(42)50-43(56)18-8-25-61-50)39-14-6-16-41(34-39)58(67-32-31-66(4)36-67)46-21-11-28-64-53(46)54-47(58)22-12-29-65-54/h5-35H,1-4H3. The van der Waals surface area contributed by atoms with Crippen LogP contribution in [0.1, 0.15) is 87.7 Å². The van der Waals surface area contributed by atoms with Crippen molar-refractivity contribution in [2.45, 2.75) is 42.6 Å². The molecule has 0 bridgehead atoms. The fourth-order valence-corrected chi connectivity index (χ4v) is 11.7. The molecule has 0 unspecified atom stereocenters. The van der Waals surface area contributed by atoms with Gasteiger partial charge in [-0.15, -0.1) is 0 Å². The highest BCUT2D eigenvalue weighted by Gasteiger charge is 2.54. The van der Waals surface area contributed by atoms with E-state index in [0.717, 1.165) is 95.5 Å². The van der Waals surface area contributed by atoms with Crippen LogP contribution in [0.3, 0.4) is 0 Å². The Bertz CT molecular complexity index is 3500. The number of fused-ring (bicyclic) bond motifs is 9. The zero-order chi connectivity index (χ0) is 45.1. The monoisotopic (exact) mass is 865 g/mol. The molecule has 2 aromatic carbocycles. The number of aryl methyl sites for hydroxylation is 1. The van der Waals surface area contributed by atoms with E-state index in [1.807, 2.05) is 85.5 Å². The number of hydrogen-bond donors (Lipinski definition) is 0. The Hall–Kier alpha value is -8.30. The van der Waals surface area contributed by atoms with Gasteiger partial charge in [0.05, 0.1) is 57.7 Å². The lowest BCUT2D eigenvalue weighted by atomic mass is 9.64. The molecule has 3 aliphatic carbocycles.